The lowest BCUT2D eigenvalue weighted by Crippen LogP contribution is -2.48. The molecular formula is C17H26N6O2. The average molecular weight is 346 g/mol. The SMILES string of the molecule is CC1CN(CC2CCN(c3nc4[nH]ncc4c(=O)[nH]3)CC2)CC(C)O1. The molecule has 0 aliphatic carbocycles. The quantitative estimate of drug-likeness (QED) is 0.861. The maximum absolute atomic E-state index is 12.1. The molecule has 4 heterocycles. The van der Waals surface area contributed by atoms with Gasteiger partial charge >= 0.3 is 0 Å². The number of hydrogen-bond donors (Lipinski definition) is 2. The van der Waals surface area contributed by atoms with Crippen molar-refractivity contribution >= 4 is 17.0 Å². The summed E-state index contributed by atoms with van der Waals surface area (Å²) in [5.41, 5.74) is 0.421. The lowest BCUT2D eigenvalue weighted by Gasteiger charge is -2.39. The van der Waals surface area contributed by atoms with Gasteiger partial charge in [-0.25, -0.2) is 0 Å². The Balaban J connectivity index is 1.37. The van der Waals surface area contributed by atoms with Crippen LogP contribution in [-0.2, 0) is 4.74 Å². The summed E-state index contributed by atoms with van der Waals surface area (Å²) >= 11 is 0. The summed E-state index contributed by atoms with van der Waals surface area (Å²) in [6.07, 6.45) is 4.38. The van der Waals surface area contributed by atoms with E-state index in [4.69, 9.17) is 4.74 Å². The van der Waals surface area contributed by atoms with Crippen LogP contribution in [0.25, 0.3) is 11.0 Å². The molecule has 25 heavy (non-hydrogen) atoms. The van der Waals surface area contributed by atoms with E-state index in [0.717, 1.165) is 45.6 Å². The number of anilines is 1. The molecule has 0 spiro atoms. The minimum absolute atomic E-state index is 0.132. The molecule has 2 N–H and O–H groups in total. The van der Waals surface area contributed by atoms with Crippen LogP contribution in [-0.4, -0.2) is 70.0 Å². The zero-order chi connectivity index (χ0) is 17.4. The first-order chi connectivity index (χ1) is 12.1. The Morgan fingerprint density at radius 1 is 1.24 bits per heavy atom. The van der Waals surface area contributed by atoms with Gasteiger partial charge in [0.25, 0.3) is 5.56 Å². The van der Waals surface area contributed by atoms with Gasteiger partial charge in [-0.3, -0.25) is 19.8 Å². The molecule has 2 aliphatic heterocycles. The Kier molecular flexibility index (Phi) is 4.47. The maximum Gasteiger partial charge on any atom is 0.263 e. The fourth-order valence-electron chi connectivity index (χ4n) is 4.11. The third kappa shape index (κ3) is 3.55. The van der Waals surface area contributed by atoms with Crippen molar-refractivity contribution < 1.29 is 4.74 Å². The third-order valence-corrected chi connectivity index (χ3v) is 5.23. The Morgan fingerprint density at radius 2 is 1.96 bits per heavy atom. The highest BCUT2D eigenvalue weighted by Gasteiger charge is 2.27. The van der Waals surface area contributed by atoms with Crippen molar-refractivity contribution in [2.45, 2.75) is 38.9 Å². The van der Waals surface area contributed by atoms with E-state index in [9.17, 15) is 4.79 Å². The van der Waals surface area contributed by atoms with Gasteiger partial charge in [0.1, 0.15) is 5.39 Å². The molecule has 2 atom stereocenters. The summed E-state index contributed by atoms with van der Waals surface area (Å²) < 4.78 is 5.82. The third-order valence-electron chi connectivity index (χ3n) is 5.23. The number of H-pyrrole nitrogens is 2. The second-order valence-corrected chi connectivity index (χ2v) is 7.43. The smallest absolute Gasteiger partial charge is 0.263 e. The highest BCUT2D eigenvalue weighted by atomic mass is 16.5. The van der Waals surface area contributed by atoms with Gasteiger partial charge in [0, 0.05) is 32.7 Å². The average Bonchev–Trinajstić information content (AvgIpc) is 3.04. The van der Waals surface area contributed by atoms with Gasteiger partial charge in [-0.1, -0.05) is 0 Å². The number of fused-ring (bicyclic) bond motifs is 1. The number of morpholine rings is 1. The molecule has 2 saturated heterocycles. The van der Waals surface area contributed by atoms with E-state index >= 15 is 0 Å². The van der Waals surface area contributed by atoms with Crippen LogP contribution in [0.3, 0.4) is 0 Å². The van der Waals surface area contributed by atoms with Gasteiger partial charge in [0.05, 0.1) is 18.4 Å². The molecule has 8 nitrogen and oxygen atoms in total. The lowest BCUT2D eigenvalue weighted by molar-refractivity contribution is -0.0720. The highest BCUT2D eigenvalue weighted by molar-refractivity contribution is 5.73. The van der Waals surface area contributed by atoms with Crippen molar-refractivity contribution in [2.24, 2.45) is 5.92 Å². The minimum atomic E-state index is -0.132. The van der Waals surface area contributed by atoms with Gasteiger partial charge in [-0.05, 0) is 32.6 Å². The molecule has 4 rings (SSSR count). The number of aromatic amines is 2. The van der Waals surface area contributed by atoms with E-state index in [-0.39, 0.29) is 5.56 Å². The van der Waals surface area contributed by atoms with E-state index in [1.165, 1.54) is 6.20 Å². The lowest BCUT2D eigenvalue weighted by atomic mass is 9.96. The Hall–Kier alpha value is -1.93. The van der Waals surface area contributed by atoms with Crippen LogP contribution in [0.5, 0.6) is 0 Å². The molecule has 0 aromatic carbocycles. The predicted octanol–water partition coefficient (Wildman–Crippen LogP) is 0.972. The number of ether oxygens (including phenoxy) is 1. The second kappa shape index (κ2) is 6.76. The second-order valence-electron chi connectivity index (χ2n) is 7.43. The van der Waals surface area contributed by atoms with Crippen LogP contribution in [0.1, 0.15) is 26.7 Å². The number of piperidine rings is 1. The number of nitrogens with one attached hydrogen (secondary N) is 2. The fraction of sp³-hybridized carbons (Fsp3) is 0.706. The normalized spacial score (nSPS) is 26.4. The van der Waals surface area contributed by atoms with Gasteiger partial charge in [0.15, 0.2) is 5.65 Å². The Morgan fingerprint density at radius 3 is 2.68 bits per heavy atom. The van der Waals surface area contributed by atoms with E-state index in [1.54, 1.807) is 0 Å². The van der Waals surface area contributed by atoms with Crippen LogP contribution in [0.2, 0.25) is 0 Å². The van der Waals surface area contributed by atoms with Gasteiger partial charge in [-0.15, -0.1) is 0 Å². The van der Waals surface area contributed by atoms with Crippen molar-refractivity contribution in [3.63, 3.8) is 0 Å². The zero-order valence-electron chi connectivity index (χ0n) is 14.9. The van der Waals surface area contributed by atoms with Crippen molar-refractivity contribution in [3.8, 4) is 0 Å². The fourth-order valence-corrected chi connectivity index (χ4v) is 4.11. The Labute approximate surface area is 146 Å². The van der Waals surface area contributed by atoms with E-state index in [0.29, 0.717) is 35.1 Å². The summed E-state index contributed by atoms with van der Waals surface area (Å²) in [4.78, 5) is 24.2. The monoisotopic (exact) mass is 346 g/mol. The maximum atomic E-state index is 12.1. The molecule has 2 aliphatic rings. The molecule has 0 radical (unpaired) electrons. The summed E-state index contributed by atoms with van der Waals surface area (Å²) in [7, 11) is 0. The van der Waals surface area contributed by atoms with Crippen molar-refractivity contribution in [1.82, 2.24) is 25.1 Å². The van der Waals surface area contributed by atoms with Crippen LogP contribution < -0.4 is 10.5 Å². The van der Waals surface area contributed by atoms with Crippen molar-refractivity contribution in [1.29, 1.82) is 0 Å². The first kappa shape index (κ1) is 16.5. The highest BCUT2D eigenvalue weighted by Crippen LogP contribution is 2.23. The minimum Gasteiger partial charge on any atom is -0.373 e. The van der Waals surface area contributed by atoms with E-state index < -0.39 is 0 Å². The van der Waals surface area contributed by atoms with Crippen LogP contribution in [0.15, 0.2) is 11.0 Å². The van der Waals surface area contributed by atoms with Gasteiger partial charge < -0.3 is 9.64 Å². The zero-order valence-corrected chi connectivity index (χ0v) is 14.9. The van der Waals surface area contributed by atoms with Gasteiger partial charge in [0.2, 0.25) is 5.95 Å². The molecule has 0 bridgehead atoms. The summed E-state index contributed by atoms with van der Waals surface area (Å²) in [6, 6.07) is 0. The number of aromatic nitrogens is 4. The molecule has 0 amide bonds. The first-order valence-electron chi connectivity index (χ1n) is 9.14. The predicted molar refractivity (Wildman–Crippen MR) is 95.9 cm³/mol. The number of nitrogens with zero attached hydrogens (tertiary/aromatic N) is 4. The number of hydrogen-bond acceptors (Lipinski definition) is 6. The first-order valence-corrected chi connectivity index (χ1v) is 9.14. The van der Waals surface area contributed by atoms with Gasteiger partial charge in [-0.2, -0.15) is 10.1 Å². The summed E-state index contributed by atoms with van der Waals surface area (Å²) in [5.74, 6) is 1.34. The molecular weight excluding hydrogens is 320 g/mol. The Bertz CT molecular complexity index is 769. The van der Waals surface area contributed by atoms with E-state index in [2.05, 4.69) is 43.8 Å². The summed E-state index contributed by atoms with van der Waals surface area (Å²) in [6.45, 7) is 9.32. The molecule has 2 aromatic rings. The topological polar surface area (TPSA) is 90.1 Å². The molecule has 2 aromatic heterocycles. The molecule has 136 valence electrons. The molecule has 2 fully saturated rings. The van der Waals surface area contributed by atoms with Crippen molar-refractivity contribution in [3.05, 3.63) is 16.6 Å². The van der Waals surface area contributed by atoms with Crippen molar-refractivity contribution in [2.75, 3.05) is 37.6 Å². The standard InChI is InChI=1S/C17H26N6O2/c1-11-8-22(9-12(2)25-11)10-13-3-5-23(6-4-13)17-19-15-14(7-18-21-15)16(24)20-17/h7,11-13H,3-6,8-10H2,1-2H3,(H2,18,19,20,21,24). The molecule has 8 heteroatoms. The van der Waals surface area contributed by atoms with E-state index in [1.807, 2.05) is 0 Å². The van der Waals surface area contributed by atoms with Crippen LogP contribution >= 0.6 is 0 Å². The molecule has 2 unspecified atom stereocenters. The summed E-state index contributed by atoms with van der Waals surface area (Å²) in [5, 5.41) is 7.19. The largest absolute Gasteiger partial charge is 0.373 e. The molecule has 0 saturated carbocycles. The van der Waals surface area contributed by atoms with Crippen LogP contribution in [0, 0.1) is 5.92 Å². The number of rotatable bonds is 3. The van der Waals surface area contributed by atoms with Crippen LogP contribution in [0.4, 0.5) is 5.95 Å².